The normalized spacial score (nSPS) is 11.8. The molecule has 1 amide bonds. The van der Waals surface area contributed by atoms with Crippen molar-refractivity contribution < 1.29 is 14.3 Å². The van der Waals surface area contributed by atoms with Gasteiger partial charge in [0.05, 0.1) is 25.3 Å². The van der Waals surface area contributed by atoms with E-state index in [-0.39, 0.29) is 24.3 Å². The first kappa shape index (κ1) is 18.8. The SMILES string of the molecule is COC(=O)CC(NC(=O)CSCc1ccc(Cl)cc1)c1cccs1. The predicted molar refractivity (Wildman–Crippen MR) is 99.4 cm³/mol. The lowest BCUT2D eigenvalue weighted by Crippen LogP contribution is -2.31. The number of thiophene rings is 1. The Balaban J connectivity index is 1.83. The molecule has 0 radical (unpaired) electrons. The third-order valence-electron chi connectivity index (χ3n) is 3.24. The number of amides is 1. The maximum Gasteiger partial charge on any atom is 0.307 e. The Morgan fingerprint density at radius 2 is 2.04 bits per heavy atom. The third kappa shape index (κ3) is 6.19. The zero-order valence-corrected chi connectivity index (χ0v) is 15.5. The molecule has 128 valence electrons. The zero-order valence-electron chi connectivity index (χ0n) is 13.2. The molecule has 24 heavy (non-hydrogen) atoms. The van der Waals surface area contributed by atoms with Crippen LogP contribution in [0.5, 0.6) is 0 Å². The number of benzene rings is 1. The first-order valence-corrected chi connectivity index (χ1v) is 9.71. The van der Waals surface area contributed by atoms with E-state index in [2.05, 4.69) is 5.32 Å². The van der Waals surface area contributed by atoms with Gasteiger partial charge in [-0.25, -0.2) is 0 Å². The van der Waals surface area contributed by atoms with E-state index in [0.717, 1.165) is 16.2 Å². The number of hydrogen-bond donors (Lipinski definition) is 1. The summed E-state index contributed by atoms with van der Waals surface area (Å²) in [6.07, 6.45) is 0.130. The highest BCUT2D eigenvalue weighted by atomic mass is 35.5. The summed E-state index contributed by atoms with van der Waals surface area (Å²) in [6.45, 7) is 0. The second kappa shape index (κ2) is 9.71. The molecule has 2 aromatic rings. The highest BCUT2D eigenvalue weighted by Gasteiger charge is 2.19. The third-order valence-corrected chi connectivity index (χ3v) is 5.48. The molecule has 4 nitrogen and oxygen atoms in total. The first-order chi connectivity index (χ1) is 11.6. The average Bonchev–Trinajstić information content (AvgIpc) is 3.10. The molecule has 0 saturated heterocycles. The second-order valence-electron chi connectivity index (χ2n) is 5.04. The fourth-order valence-electron chi connectivity index (χ4n) is 2.04. The van der Waals surface area contributed by atoms with Crippen LogP contribution in [0.4, 0.5) is 0 Å². The Bertz CT molecular complexity index is 659. The quantitative estimate of drug-likeness (QED) is 0.698. The van der Waals surface area contributed by atoms with Crippen LogP contribution < -0.4 is 5.32 Å². The second-order valence-corrected chi connectivity index (χ2v) is 7.44. The van der Waals surface area contributed by atoms with Crippen LogP contribution in [-0.2, 0) is 20.1 Å². The van der Waals surface area contributed by atoms with Crippen LogP contribution in [0, 0.1) is 0 Å². The van der Waals surface area contributed by atoms with E-state index < -0.39 is 0 Å². The van der Waals surface area contributed by atoms with Gasteiger partial charge in [-0.3, -0.25) is 9.59 Å². The van der Waals surface area contributed by atoms with E-state index in [1.807, 2.05) is 41.8 Å². The van der Waals surface area contributed by atoms with Crippen molar-refractivity contribution in [2.45, 2.75) is 18.2 Å². The number of methoxy groups -OCH3 is 1. The molecule has 1 heterocycles. The standard InChI is InChI=1S/C17H18ClNO3S2/c1-22-17(21)9-14(15-3-2-8-24-15)19-16(20)11-23-10-12-4-6-13(18)7-5-12/h2-8,14H,9-11H2,1H3,(H,19,20). The van der Waals surface area contributed by atoms with Crippen LogP contribution in [-0.4, -0.2) is 24.7 Å². The highest BCUT2D eigenvalue weighted by molar-refractivity contribution is 7.99. The summed E-state index contributed by atoms with van der Waals surface area (Å²) in [7, 11) is 1.34. The highest BCUT2D eigenvalue weighted by Crippen LogP contribution is 2.23. The zero-order chi connectivity index (χ0) is 17.4. The van der Waals surface area contributed by atoms with Crippen molar-refractivity contribution in [1.29, 1.82) is 0 Å². The van der Waals surface area contributed by atoms with Gasteiger partial charge in [-0.2, -0.15) is 0 Å². The number of halogens is 1. The van der Waals surface area contributed by atoms with Crippen molar-refractivity contribution in [1.82, 2.24) is 5.32 Å². The lowest BCUT2D eigenvalue weighted by molar-refractivity contribution is -0.141. The molecule has 0 fully saturated rings. The van der Waals surface area contributed by atoms with Crippen molar-refractivity contribution >= 4 is 46.6 Å². The summed E-state index contributed by atoms with van der Waals surface area (Å²) in [5, 5.41) is 5.52. The molecule has 0 aliphatic carbocycles. The first-order valence-electron chi connectivity index (χ1n) is 7.30. The van der Waals surface area contributed by atoms with Gasteiger partial charge in [0.1, 0.15) is 0 Å². The van der Waals surface area contributed by atoms with Crippen molar-refractivity contribution in [2.24, 2.45) is 0 Å². The number of nitrogens with one attached hydrogen (secondary N) is 1. The van der Waals surface area contributed by atoms with E-state index in [0.29, 0.717) is 10.8 Å². The number of hydrogen-bond acceptors (Lipinski definition) is 5. The Kier molecular flexibility index (Phi) is 7.62. The molecule has 7 heteroatoms. The maximum atomic E-state index is 12.2. The summed E-state index contributed by atoms with van der Waals surface area (Å²) >= 11 is 8.87. The average molecular weight is 384 g/mol. The van der Waals surface area contributed by atoms with Crippen LogP contribution in [0.1, 0.15) is 22.9 Å². The number of thioether (sulfide) groups is 1. The number of carbonyl (C=O) groups is 2. The lowest BCUT2D eigenvalue weighted by Gasteiger charge is -2.16. The molecule has 1 atom stereocenters. The van der Waals surface area contributed by atoms with Gasteiger partial charge in [0.25, 0.3) is 0 Å². The van der Waals surface area contributed by atoms with E-state index >= 15 is 0 Å². The molecule has 1 N–H and O–H groups in total. The molecule has 1 aromatic heterocycles. The molecule has 1 unspecified atom stereocenters. The molecule has 0 aliphatic rings. The topological polar surface area (TPSA) is 55.4 Å². The monoisotopic (exact) mass is 383 g/mol. The predicted octanol–water partition coefficient (Wildman–Crippen LogP) is 4.06. The van der Waals surface area contributed by atoms with Crippen molar-refractivity contribution in [3.63, 3.8) is 0 Å². The van der Waals surface area contributed by atoms with E-state index in [1.54, 1.807) is 0 Å². The van der Waals surface area contributed by atoms with Crippen LogP contribution in [0.2, 0.25) is 5.02 Å². The molecular formula is C17H18ClNO3S2. The number of carbonyl (C=O) groups excluding carboxylic acids is 2. The van der Waals surface area contributed by atoms with Gasteiger partial charge in [0.2, 0.25) is 5.91 Å². The Labute approximate surface area is 154 Å². The van der Waals surface area contributed by atoms with Crippen LogP contribution in [0.15, 0.2) is 41.8 Å². The molecule has 0 aliphatic heterocycles. The molecule has 0 saturated carbocycles. The summed E-state index contributed by atoms with van der Waals surface area (Å²) in [4.78, 5) is 24.6. The van der Waals surface area contributed by atoms with E-state index in [9.17, 15) is 9.59 Å². The van der Waals surface area contributed by atoms with E-state index in [4.69, 9.17) is 16.3 Å². The minimum atomic E-state index is -0.346. The number of ether oxygens (including phenoxy) is 1. The van der Waals surface area contributed by atoms with Crippen LogP contribution in [0.25, 0.3) is 0 Å². The Morgan fingerprint density at radius 1 is 1.29 bits per heavy atom. The fourth-order valence-corrected chi connectivity index (χ4v) is 3.74. The van der Waals surface area contributed by atoms with Crippen LogP contribution >= 0.6 is 34.7 Å². The minimum absolute atomic E-state index is 0.101. The van der Waals surface area contributed by atoms with Crippen LogP contribution in [0.3, 0.4) is 0 Å². The lowest BCUT2D eigenvalue weighted by atomic mass is 10.1. The largest absolute Gasteiger partial charge is 0.469 e. The molecule has 0 spiro atoms. The summed E-state index contributed by atoms with van der Waals surface area (Å²) < 4.78 is 4.71. The van der Waals surface area contributed by atoms with Gasteiger partial charge < -0.3 is 10.1 Å². The van der Waals surface area contributed by atoms with Gasteiger partial charge in [0, 0.05) is 15.7 Å². The Hall–Kier alpha value is -1.50. The van der Waals surface area contributed by atoms with Gasteiger partial charge in [-0.15, -0.1) is 23.1 Å². The molecule has 0 bridgehead atoms. The fraction of sp³-hybridized carbons (Fsp3) is 0.294. The molecular weight excluding hydrogens is 366 g/mol. The molecule has 2 rings (SSSR count). The summed E-state index contributed by atoms with van der Waals surface area (Å²) in [5.74, 6) is 0.607. The Morgan fingerprint density at radius 3 is 2.67 bits per heavy atom. The van der Waals surface area contributed by atoms with Gasteiger partial charge >= 0.3 is 5.97 Å². The van der Waals surface area contributed by atoms with E-state index in [1.165, 1.54) is 30.2 Å². The number of rotatable bonds is 8. The minimum Gasteiger partial charge on any atom is -0.469 e. The van der Waals surface area contributed by atoms with Crippen molar-refractivity contribution in [2.75, 3.05) is 12.9 Å². The maximum absolute atomic E-state index is 12.2. The van der Waals surface area contributed by atoms with Gasteiger partial charge in [0.15, 0.2) is 0 Å². The smallest absolute Gasteiger partial charge is 0.307 e. The number of esters is 1. The summed E-state index contributed by atoms with van der Waals surface area (Å²) in [5.41, 5.74) is 1.11. The van der Waals surface area contributed by atoms with Crippen molar-refractivity contribution in [3.8, 4) is 0 Å². The van der Waals surface area contributed by atoms with Gasteiger partial charge in [-0.05, 0) is 29.1 Å². The van der Waals surface area contributed by atoms with Crippen molar-refractivity contribution in [3.05, 3.63) is 57.2 Å². The molecule has 1 aromatic carbocycles. The van der Waals surface area contributed by atoms with Gasteiger partial charge in [-0.1, -0.05) is 29.8 Å². The summed E-state index contributed by atoms with van der Waals surface area (Å²) in [6, 6.07) is 11.0.